The number of anilines is 1. The number of carbonyl (C=O) groups is 1. The Balaban J connectivity index is 1.20. The van der Waals surface area contributed by atoms with Gasteiger partial charge in [0, 0.05) is 49.5 Å². The van der Waals surface area contributed by atoms with Crippen molar-refractivity contribution in [3.8, 4) is 10.6 Å². The second kappa shape index (κ2) is 8.35. The van der Waals surface area contributed by atoms with Crippen molar-refractivity contribution in [2.24, 2.45) is 11.8 Å². The molecular weight excluding hydrogens is 401 g/mol. The summed E-state index contributed by atoms with van der Waals surface area (Å²) in [5.74, 6) is 1.22. The van der Waals surface area contributed by atoms with E-state index in [1.54, 1.807) is 35.4 Å². The highest BCUT2D eigenvalue weighted by Crippen LogP contribution is 2.31. The highest BCUT2D eigenvalue weighted by atomic mass is 32.1. The summed E-state index contributed by atoms with van der Waals surface area (Å²) in [6, 6.07) is 3.91. The first-order valence-corrected chi connectivity index (χ1v) is 11.3. The summed E-state index contributed by atoms with van der Waals surface area (Å²) in [7, 11) is 0. The maximum absolute atomic E-state index is 13.0. The van der Waals surface area contributed by atoms with Crippen molar-refractivity contribution in [1.29, 1.82) is 0 Å². The van der Waals surface area contributed by atoms with Gasteiger partial charge in [0.2, 0.25) is 5.91 Å². The summed E-state index contributed by atoms with van der Waals surface area (Å²) in [5, 5.41) is 4.92. The maximum atomic E-state index is 13.0. The summed E-state index contributed by atoms with van der Waals surface area (Å²) in [5.41, 5.74) is 2.66. The molecular formula is C22H24FN5OS. The van der Waals surface area contributed by atoms with Gasteiger partial charge >= 0.3 is 0 Å². The van der Waals surface area contributed by atoms with E-state index in [4.69, 9.17) is 0 Å². The van der Waals surface area contributed by atoms with Crippen molar-refractivity contribution in [1.82, 2.24) is 19.9 Å². The fourth-order valence-electron chi connectivity index (χ4n) is 4.44. The standard InChI is InChI=1S/C22H24FN5OS/c23-18-11-28(12-18)10-14-1-3-15(4-2-14)22(29)27-21-6-16-5-19(20-9-24-13-30-20)25-7-17(16)8-26-21/h5-9,13-15,18H,1-4,10-12H2,(H,26,27,29). The molecule has 0 aromatic carbocycles. The molecule has 0 unspecified atom stereocenters. The molecule has 1 aliphatic heterocycles. The number of fused-ring (bicyclic) bond motifs is 1. The van der Waals surface area contributed by atoms with Crippen molar-refractivity contribution < 1.29 is 9.18 Å². The van der Waals surface area contributed by atoms with E-state index in [9.17, 15) is 9.18 Å². The van der Waals surface area contributed by atoms with Crippen LogP contribution in [0.2, 0.25) is 0 Å². The third-order valence-electron chi connectivity index (χ3n) is 6.19. The normalized spacial score (nSPS) is 22.7. The highest BCUT2D eigenvalue weighted by Gasteiger charge is 2.31. The lowest BCUT2D eigenvalue weighted by Crippen LogP contribution is -2.50. The van der Waals surface area contributed by atoms with Crippen molar-refractivity contribution in [2.45, 2.75) is 31.9 Å². The van der Waals surface area contributed by atoms with E-state index in [2.05, 4.69) is 25.2 Å². The average Bonchev–Trinajstić information content (AvgIpc) is 3.27. The van der Waals surface area contributed by atoms with Crippen molar-refractivity contribution in [3.63, 3.8) is 0 Å². The Morgan fingerprint density at radius 3 is 2.63 bits per heavy atom. The van der Waals surface area contributed by atoms with E-state index in [0.717, 1.165) is 53.6 Å². The number of hydrogen-bond donors (Lipinski definition) is 1. The molecule has 1 aliphatic carbocycles. The van der Waals surface area contributed by atoms with Crippen LogP contribution in [0.3, 0.4) is 0 Å². The SMILES string of the molecule is O=C(Nc1cc2cc(-c3cncs3)ncc2cn1)C1CCC(CN2CC(F)C2)CC1. The first-order valence-electron chi connectivity index (χ1n) is 10.5. The van der Waals surface area contributed by atoms with E-state index in [1.807, 2.05) is 12.1 Å². The van der Waals surface area contributed by atoms with Gasteiger partial charge in [0.05, 0.1) is 16.1 Å². The van der Waals surface area contributed by atoms with Crippen LogP contribution in [-0.2, 0) is 4.79 Å². The number of likely N-dealkylation sites (tertiary alicyclic amines) is 1. The molecule has 1 saturated carbocycles. The second-order valence-electron chi connectivity index (χ2n) is 8.37. The summed E-state index contributed by atoms with van der Waals surface area (Å²) in [4.78, 5) is 28.9. The molecule has 4 heterocycles. The maximum Gasteiger partial charge on any atom is 0.228 e. The topological polar surface area (TPSA) is 71.0 Å². The van der Waals surface area contributed by atoms with Crippen LogP contribution in [0.5, 0.6) is 0 Å². The van der Waals surface area contributed by atoms with Gasteiger partial charge in [-0.15, -0.1) is 11.3 Å². The van der Waals surface area contributed by atoms with Crippen LogP contribution in [0.15, 0.2) is 36.2 Å². The quantitative estimate of drug-likeness (QED) is 0.665. The molecule has 0 spiro atoms. The van der Waals surface area contributed by atoms with Crippen LogP contribution in [0.4, 0.5) is 10.2 Å². The molecule has 30 heavy (non-hydrogen) atoms. The number of thiazole rings is 1. The van der Waals surface area contributed by atoms with Crippen LogP contribution < -0.4 is 5.32 Å². The molecule has 3 aromatic rings. The van der Waals surface area contributed by atoms with Gasteiger partial charge in [-0.1, -0.05) is 0 Å². The van der Waals surface area contributed by atoms with E-state index in [1.165, 1.54) is 0 Å². The zero-order valence-corrected chi connectivity index (χ0v) is 17.4. The molecule has 6 nitrogen and oxygen atoms in total. The van der Waals surface area contributed by atoms with Crippen LogP contribution in [-0.4, -0.2) is 51.6 Å². The Hall–Kier alpha value is -2.45. The van der Waals surface area contributed by atoms with Gasteiger partial charge in [0.1, 0.15) is 12.0 Å². The van der Waals surface area contributed by atoms with Crippen molar-refractivity contribution in [2.75, 3.05) is 25.0 Å². The molecule has 0 radical (unpaired) electrons. The second-order valence-corrected chi connectivity index (χ2v) is 9.26. The number of carbonyl (C=O) groups excluding carboxylic acids is 1. The summed E-state index contributed by atoms with van der Waals surface area (Å²) < 4.78 is 13.0. The molecule has 1 saturated heterocycles. The molecule has 2 fully saturated rings. The van der Waals surface area contributed by atoms with Crippen molar-refractivity contribution in [3.05, 3.63) is 36.2 Å². The first-order chi connectivity index (χ1) is 14.6. The van der Waals surface area contributed by atoms with E-state index < -0.39 is 6.17 Å². The number of rotatable bonds is 5. The third-order valence-corrected chi connectivity index (χ3v) is 6.98. The number of aromatic nitrogens is 3. The smallest absolute Gasteiger partial charge is 0.228 e. The highest BCUT2D eigenvalue weighted by molar-refractivity contribution is 7.13. The number of halogens is 1. The zero-order valence-electron chi connectivity index (χ0n) is 16.6. The molecule has 1 amide bonds. The number of alkyl halides is 1. The Morgan fingerprint density at radius 1 is 1.10 bits per heavy atom. The number of pyridine rings is 2. The summed E-state index contributed by atoms with van der Waals surface area (Å²) in [6.07, 6.45) is 8.53. The van der Waals surface area contributed by atoms with Gasteiger partial charge in [-0.3, -0.25) is 19.7 Å². The lowest BCUT2D eigenvalue weighted by Gasteiger charge is -2.38. The van der Waals surface area contributed by atoms with E-state index >= 15 is 0 Å². The predicted molar refractivity (Wildman–Crippen MR) is 116 cm³/mol. The van der Waals surface area contributed by atoms with E-state index in [-0.39, 0.29) is 11.8 Å². The fourth-order valence-corrected chi connectivity index (χ4v) is 5.03. The fraction of sp³-hybridized carbons (Fsp3) is 0.455. The van der Waals surface area contributed by atoms with Crippen LogP contribution in [0.1, 0.15) is 25.7 Å². The molecule has 1 N–H and O–H groups in total. The minimum absolute atomic E-state index is 0.0225. The van der Waals surface area contributed by atoms with Crippen molar-refractivity contribution >= 4 is 33.8 Å². The largest absolute Gasteiger partial charge is 0.310 e. The molecule has 2 aliphatic rings. The monoisotopic (exact) mass is 425 g/mol. The molecule has 8 heteroatoms. The van der Waals surface area contributed by atoms with Gasteiger partial charge in [0.15, 0.2) is 0 Å². The Labute approximate surface area is 178 Å². The molecule has 0 bridgehead atoms. The number of hydrogen-bond acceptors (Lipinski definition) is 6. The number of amides is 1. The minimum atomic E-state index is -0.643. The van der Waals surface area contributed by atoms with Crippen LogP contribution in [0, 0.1) is 11.8 Å². The van der Waals surface area contributed by atoms with Gasteiger partial charge in [0.25, 0.3) is 0 Å². The number of nitrogens with one attached hydrogen (secondary N) is 1. The zero-order chi connectivity index (χ0) is 20.5. The van der Waals surface area contributed by atoms with Gasteiger partial charge in [-0.25, -0.2) is 9.37 Å². The Kier molecular flexibility index (Phi) is 5.43. The summed E-state index contributed by atoms with van der Waals surface area (Å²) in [6.45, 7) is 2.12. The molecule has 5 rings (SSSR count). The lowest BCUT2D eigenvalue weighted by atomic mass is 9.81. The lowest BCUT2D eigenvalue weighted by molar-refractivity contribution is -0.121. The molecule has 3 aromatic heterocycles. The minimum Gasteiger partial charge on any atom is -0.310 e. The molecule has 0 atom stereocenters. The van der Waals surface area contributed by atoms with Crippen LogP contribution >= 0.6 is 11.3 Å². The van der Waals surface area contributed by atoms with Gasteiger partial charge in [-0.2, -0.15) is 0 Å². The van der Waals surface area contributed by atoms with Gasteiger partial charge in [-0.05, 0) is 49.1 Å². The van der Waals surface area contributed by atoms with E-state index in [0.29, 0.717) is 24.8 Å². The number of nitrogens with zero attached hydrogens (tertiary/aromatic N) is 4. The van der Waals surface area contributed by atoms with Gasteiger partial charge < -0.3 is 5.32 Å². The summed E-state index contributed by atoms with van der Waals surface area (Å²) >= 11 is 1.55. The average molecular weight is 426 g/mol. The Bertz CT molecular complexity index is 1030. The van der Waals surface area contributed by atoms with Crippen LogP contribution in [0.25, 0.3) is 21.3 Å². The predicted octanol–water partition coefficient (Wildman–Crippen LogP) is 4.15. The third kappa shape index (κ3) is 4.20. The Morgan fingerprint density at radius 2 is 1.90 bits per heavy atom. The first kappa shape index (κ1) is 19.5. The molecule has 156 valence electrons.